The third-order valence-corrected chi connectivity index (χ3v) is 3.44. The summed E-state index contributed by atoms with van der Waals surface area (Å²) >= 11 is 5.86. The van der Waals surface area contributed by atoms with E-state index < -0.39 is 6.09 Å². The summed E-state index contributed by atoms with van der Waals surface area (Å²) in [5.41, 5.74) is 2.82. The van der Waals surface area contributed by atoms with Gasteiger partial charge in [0.25, 0.3) is 0 Å². The lowest BCUT2D eigenvalue weighted by Gasteiger charge is -2.07. The predicted octanol–water partition coefficient (Wildman–Crippen LogP) is 4.19. The van der Waals surface area contributed by atoms with Gasteiger partial charge in [-0.05, 0) is 30.7 Å². The quantitative estimate of drug-likeness (QED) is 0.682. The van der Waals surface area contributed by atoms with Crippen LogP contribution in [0, 0.1) is 6.92 Å². The van der Waals surface area contributed by atoms with E-state index in [4.69, 9.17) is 11.6 Å². The molecule has 0 atom stereocenters. The maximum atomic E-state index is 11.6. The number of pyridine rings is 1. The second-order valence-electron chi connectivity index (χ2n) is 4.51. The molecule has 100 valence electrons. The third kappa shape index (κ3) is 1.94. The summed E-state index contributed by atoms with van der Waals surface area (Å²) in [6.45, 7) is 1.94. The average molecular weight is 287 g/mol. The highest BCUT2D eigenvalue weighted by Crippen LogP contribution is 2.30. The largest absolute Gasteiger partial charge is 0.464 e. The van der Waals surface area contributed by atoms with E-state index in [9.17, 15) is 9.90 Å². The van der Waals surface area contributed by atoms with Crippen LogP contribution < -0.4 is 0 Å². The van der Waals surface area contributed by atoms with Gasteiger partial charge in [0.05, 0.1) is 5.69 Å². The number of benzene rings is 1. The molecule has 0 saturated carbocycles. The van der Waals surface area contributed by atoms with E-state index in [1.807, 2.05) is 37.3 Å². The molecule has 2 aromatic heterocycles. The van der Waals surface area contributed by atoms with Gasteiger partial charge in [-0.1, -0.05) is 35.9 Å². The van der Waals surface area contributed by atoms with Crippen LogP contribution in [0.15, 0.2) is 42.5 Å². The number of aryl methyl sites for hydroxylation is 1. The smallest absolute Gasteiger partial charge is 0.417 e. The van der Waals surface area contributed by atoms with E-state index in [0.29, 0.717) is 11.3 Å². The van der Waals surface area contributed by atoms with E-state index in [1.54, 1.807) is 12.1 Å². The van der Waals surface area contributed by atoms with Crippen LogP contribution in [0.25, 0.3) is 22.3 Å². The fourth-order valence-corrected chi connectivity index (χ4v) is 2.45. The van der Waals surface area contributed by atoms with Crippen molar-refractivity contribution in [2.75, 3.05) is 0 Å². The van der Waals surface area contributed by atoms with Crippen LogP contribution in [0.2, 0.25) is 5.15 Å². The molecule has 0 spiro atoms. The Hall–Kier alpha value is -2.33. The zero-order valence-corrected chi connectivity index (χ0v) is 11.4. The molecule has 20 heavy (non-hydrogen) atoms. The van der Waals surface area contributed by atoms with Crippen molar-refractivity contribution >= 4 is 28.7 Å². The number of carbonyl (C=O) groups is 1. The maximum absolute atomic E-state index is 11.6. The highest BCUT2D eigenvalue weighted by molar-refractivity contribution is 6.29. The molecule has 3 rings (SSSR count). The second-order valence-corrected chi connectivity index (χ2v) is 4.90. The first-order valence-corrected chi connectivity index (χ1v) is 6.43. The van der Waals surface area contributed by atoms with Crippen LogP contribution in [0.3, 0.4) is 0 Å². The van der Waals surface area contributed by atoms with Crippen molar-refractivity contribution < 1.29 is 9.90 Å². The number of halogens is 1. The van der Waals surface area contributed by atoms with Gasteiger partial charge in [-0.3, -0.25) is 0 Å². The summed E-state index contributed by atoms with van der Waals surface area (Å²) in [6.07, 6.45) is -1.08. The van der Waals surface area contributed by atoms with Gasteiger partial charge in [0, 0.05) is 10.9 Å². The van der Waals surface area contributed by atoms with E-state index in [-0.39, 0.29) is 5.15 Å². The van der Waals surface area contributed by atoms with E-state index in [0.717, 1.165) is 16.5 Å². The lowest BCUT2D eigenvalue weighted by Crippen LogP contribution is -2.10. The number of rotatable bonds is 1. The molecule has 0 aliphatic heterocycles. The molecule has 0 fully saturated rings. The molecular formula is C15H11ClN2O2. The number of hydrogen-bond acceptors (Lipinski definition) is 2. The Bertz CT molecular complexity index is 824. The lowest BCUT2D eigenvalue weighted by molar-refractivity contribution is 0.197. The van der Waals surface area contributed by atoms with E-state index in [2.05, 4.69) is 4.98 Å². The molecule has 1 N–H and O–H groups in total. The fraction of sp³-hybridized carbons (Fsp3) is 0.0667. The molecule has 4 nitrogen and oxygen atoms in total. The summed E-state index contributed by atoms with van der Waals surface area (Å²) in [5.74, 6) is 0. The van der Waals surface area contributed by atoms with Gasteiger partial charge in [0.1, 0.15) is 5.15 Å². The number of nitrogens with zero attached hydrogens (tertiary/aromatic N) is 2. The van der Waals surface area contributed by atoms with Gasteiger partial charge < -0.3 is 5.11 Å². The number of fused-ring (bicyclic) bond motifs is 1. The molecule has 0 radical (unpaired) electrons. The van der Waals surface area contributed by atoms with Crippen molar-refractivity contribution in [3.63, 3.8) is 0 Å². The molecule has 0 amide bonds. The minimum absolute atomic E-state index is 0.273. The Kier molecular flexibility index (Phi) is 2.95. The van der Waals surface area contributed by atoms with Crippen molar-refractivity contribution in [2.24, 2.45) is 0 Å². The SMILES string of the molecule is Cc1ccccc1-c1cc2ccc(Cl)nc2n1C(=O)O. The topological polar surface area (TPSA) is 55.1 Å². The molecule has 0 saturated heterocycles. The van der Waals surface area contributed by atoms with Crippen molar-refractivity contribution in [2.45, 2.75) is 6.92 Å². The van der Waals surface area contributed by atoms with Crippen LogP contribution in [0.4, 0.5) is 4.79 Å². The van der Waals surface area contributed by atoms with E-state index in [1.165, 1.54) is 4.57 Å². The van der Waals surface area contributed by atoms with Gasteiger partial charge in [-0.15, -0.1) is 0 Å². The molecule has 5 heteroatoms. The standard InChI is InChI=1S/C15H11ClN2O2/c1-9-4-2-3-5-11(9)12-8-10-6-7-13(16)17-14(10)18(12)15(19)20/h2-8H,1H3,(H,19,20). The average Bonchev–Trinajstić information content (AvgIpc) is 2.77. The Balaban J connectivity index is 2.39. The highest BCUT2D eigenvalue weighted by atomic mass is 35.5. The zero-order valence-electron chi connectivity index (χ0n) is 10.7. The molecule has 3 aromatic rings. The van der Waals surface area contributed by atoms with Crippen molar-refractivity contribution in [1.82, 2.24) is 9.55 Å². The molecule has 0 aliphatic rings. The third-order valence-electron chi connectivity index (χ3n) is 3.23. The van der Waals surface area contributed by atoms with Crippen molar-refractivity contribution in [1.29, 1.82) is 0 Å². The van der Waals surface area contributed by atoms with E-state index >= 15 is 0 Å². The Labute approximate surface area is 120 Å². The minimum atomic E-state index is -1.08. The first kappa shape index (κ1) is 12.7. The summed E-state index contributed by atoms with van der Waals surface area (Å²) < 4.78 is 1.17. The van der Waals surface area contributed by atoms with Crippen molar-refractivity contribution in [3.8, 4) is 11.3 Å². The molecule has 1 aromatic carbocycles. The Morgan fingerprint density at radius 3 is 2.70 bits per heavy atom. The normalized spacial score (nSPS) is 10.9. The van der Waals surface area contributed by atoms with Crippen LogP contribution in [0.5, 0.6) is 0 Å². The first-order chi connectivity index (χ1) is 9.58. The maximum Gasteiger partial charge on any atom is 0.417 e. The zero-order chi connectivity index (χ0) is 14.3. The minimum Gasteiger partial charge on any atom is -0.464 e. The van der Waals surface area contributed by atoms with Gasteiger partial charge in [0.2, 0.25) is 0 Å². The Morgan fingerprint density at radius 2 is 2.00 bits per heavy atom. The van der Waals surface area contributed by atoms with Crippen LogP contribution in [-0.2, 0) is 0 Å². The molecule has 2 heterocycles. The van der Waals surface area contributed by atoms with Gasteiger partial charge in [0.15, 0.2) is 5.65 Å². The predicted molar refractivity (Wildman–Crippen MR) is 78.3 cm³/mol. The van der Waals surface area contributed by atoms with Gasteiger partial charge in [-0.2, -0.15) is 0 Å². The van der Waals surface area contributed by atoms with Crippen LogP contribution in [0.1, 0.15) is 5.56 Å². The van der Waals surface area contributed by atoms with Gasteiger partial charge in [-0.25, -0.2) is 14.3 Å². The second kappa shape index (κ2) is 4.65. The Morgan fingerprint density at radius 1 is 1.25 bits per heavy atom. The first-order valence-electron chi connectivity index (χ1n) is 6.05. The molecular weight excluding hydrogens is 276 g/mol. The lowest BCUT2D eigenvalue weighted by atomic mass is 10.1. The van der Waals surface area contributed by atoms with Crippen molar-refractivity contribution in [3.05, 3.63) is 53.2 Å². The number of hydrogen-bond donors (Lipinski definition) is 1. The van der Waals surface area contributed by atoms with Crippen LogP contribution >= 0.6 is 11.6 Å². The summed E-state index contributed by atoms with van der Waals surface area (Å²) in [7, 11) is 0. The number of aromatic nitrogens is 2. The summed E-state index contributed by atoms with van der Waals surface area (Å²) in [6, 6.07) is 12.9. The highest BCUT2D eigenvalue weighted by Gasteiger charge is 2.17. The fourth-order valence-electron chi connectivity index (χ4n) is 2.31. The van der Waals surface area contributed by atoms with Crippen LogP contribution in [-0.4, -0.2) is 20.8 Å². The molecule has 0 aliphatic carbocycles. The molecule has 0 unspecified atom stereocenters. The van der Waals surface area contributed by atoms with Gasteiger partial charge >= 0.3 is 6.09 Å². The summed E-state index contributed by atoms with van der Waals surface area (Å²) in [5, 5.41) is 10.5. The summed E-state index contributed by atoms with van der Waals surface area (Å²) in [4.78, 5) is 15.7. The number of carboxylic acid groups (broad SMARTS) is 1. The monoisotopic (exact) mass is 286 g/mol. The molecule has 0 bridgehead atoms.